The van der Waals surface area contributed by atoms with Gasteiger partial charge in [-0.3, -0.25) is 9.59 Å². The number of aromatic amines is 2. The number of hydrogen-bond acceptors (Lipinski definition) is 8. The number of aromatic nitrogens is 6. The number of ether oxygens (including phenoxy) is 1. The van der Waals surface area contributed by atoms with E-state index in [9.17, 15) is 14.4 Å². The molecule has 13 nitrogen and oxygen atoms in total. The molecule has 0 aliphatic carbocycles. The van der Waals surface area contributed by atoms with Crippen LogP contribution in [-0.4, -0.2) is 77.1 Å². The maximum absolute atomic E-state index is 13.9. The van der Waals surface area contributed by atoms with E-state index in [-0.39, 0.29) is 23.2 Å². The smallest absolute Gasteiger partial charge is 0.407 e. The van der Waals surface area contributed by atoms with Crippen molar-refractivity contribution < 1.29 is 19.1 Å². The minimum atomic E-state index is -0.887. The molecule has 2 saturated heterocycles. The third-order valence-electron chi connectivity index (χ3n) is 9.74. The minimum absolute atomic E-state index is 0.0984. The van der Waals surface area contributed by atoms with E-state index in [1.807, 2.05) is 66.7 Å². The molecule has 5 heterocycles. The van der Waals surface area contributed by atoms with Crippen molar-refractivity contribution >= 4 is 51.9 Å². The van der Waals surface area contributed by atoms with Crippen molar-refractivity contribution in [2.45, 2.75) is 43.8 Å². The number of H-pyrrole nitrogens is 2. The Kier molecular flexibility index (Phi) is 8.60. The Hall–Kier alpha value is -5.76. The monoisotopic (exact) mass is 701 g/mol. The Morgan fingerprint density at radius 2 is 1.39 bits per heavy atom. The minimum Gasteiger partial charge on any atom is -0.453 e. The normalized spacial score (nSPS) is 18.0. The van der Waals surface area contributed by atoms with Crippen molar-refractivity contribution in [3.8, 4) is 22.5 Å². The van der Waals surface area contributed by atoms with Crippen LogP contribution in [0.15, 0.2) is 79.1 Å². The summed E-state index contributed by atoms with van der Waals surface area (Å²) >= 11 is 4.04. The van der Waals surface area contributed by atoms with Crippen molar-refractivity contribution in [2.75, 3.05) is 20.2 Å². The van der Waals surface area contributed by atoms with Crippen LogP contribution in [0.3, 0.4) is 0 Å². The molecule has 3 N–H and O–H groups in total. The average Bonchev–Trinajstić information content (AvgIpc) is 3.98. The van der Waals surface area contributed by atoms with Gasteiger partial charge in [-0.05, 0) is 67.1 Å². The lowest BCUT2D eigenvalue weighted by Crippen LogP contribution is -2.42. The highest BCUT2D eigenvalue weighted by Gasteiger charge is 2.37. The van der Waals surface area contributed by atoms with Gasteiger partial charge < -0.3 is 29.8 Å². The van der Waals surface area contributed by atoms with Crippen molar-refractivity contribution in [2.24, 2.45) is 0 Å². The summed E-state index contributed by atoms with van der Waals surface area (Å²) in [6, 6.07) is 19.7. The van der Waals surface area contributed by atoms with E-state index in [4.69, 9.17) is 14.7 Å². The van der Waals surface area contributed by atoms with E-state index >= 15 is 0 Å². The van der Waals surface area contributed by atoms with Crippen LogP contribution >= 0.6 is 12.6 Å². The van der Waals surface area contributed by atoms with Crippen molar-refractivity contribution in [3.63, 3.8) is 0 Å². The maximum atomic E-state index is 13.9. The number of carbonyl (C=O) groups excluding carboxylic acids is 3. The summed E-state index contributed by atoms with van der Waals surface area (Å²) in [5.41, 5.74) is 6.58. The van der Waals surface area contributed by atoms with Gasteiger partial charge in [-0.2, -0.15) is 0 Å². The predicted octanol–water partition coefficient (Wildman–Crippen LogP) is 6.51. The fourth-order valence-corrected chi connectivity index (χ4v) is 7.43. The van der Waals surface area contributed by atoms with Gasteiger partial charge in [0.2, 0.25) is 0 Å². The molecule has 8 rings (SSSR count). The molecule has 6 aromatic rings. The molecule has 3 amide bonds. The van der Waals surface area contributed by atoms with Crippen LogP contribution in [0.5, 0.6) is 0 Å². The number of likely N-dealkylation sites (tertiary alicyclic amines) is 2. The van der Waals surface area contributed by atoms with E-state index in [0.717, 1.165) is 70.3 Å². The number of nitrogens with zero attached hydrogens (tertiary/aromatic N) is 6. The second-order valence-corrected chi connectivity index (χ2v) is 13.2. The Balaban J connectivity index is 1.01. The molecule has 2 aliphatic heterocycles. The second kappa shape index (κ2) is 13.5. The molecule has 3 aromatic carbocycles. The van der Waals surface area contributed by atoms with Crippen LogP contribution in [0.25, 0.3) is 44.6 Å². The molecule has 258 valence electrons. The fraction of sp³-hybridized carbons (Fsp3) is 0.270. The number of amides is 3. The highest BCUT2D eigenvalue weighted by Crippen LogP contribution is 2.36. The Morgan fingerprint density at radius 1 is 0.804 bits per heavy atom. The van der Waals surface area contributed by atoms with E-state index in [0.29, 0.717) is 30.3 Å². The second-order valence-electron chi connectivity index (χ2n) is 12.8. The van der Waals surface area contributed by atoms with Crippen molar-refractivity contribution in [3.05, 3.63) is 96.3 Å². The Labute approximate surface area is 298 Å². The first-order valence-electron chi connectivity index (χ1n) is 16.9. The van der Waals surface area contributed by atoms with E-state index in [1.54, 1.807) is 22.2 Å². The van der Waals surface area contributed by atoms with Gasteiger partial charge in [0.15, 0.2) is 5.82 Å². The Bertz CT molecular complexity index is 2260. The van der Waals surface area contributed by atoms with Gasteiger partial charge in [0.05, 0.1) is 41.3 Å². The van der Waals surface area contributed by atoms with Crippen LogP contribution in [0.1, 0.15) is 61.0 Å². The summed E-state index contributed by atoms with van der Waals surface area (Å²) in [5.74, 6) is 1.80. The first-order chi connectivity index (χ1) is 24.9. The van der Waals surface area contributed by atoms with E-state index < -0.39 is 12.1 Å². The third kappa shape index (κ3) is 6.27. The third-order valence-corrected chi connectivity index (χ3v) is 9.99. The number of benzene rings is 3. The van der Waals surface area contributed by atoms with Crippen molar-refractivity contribution in [1.29, 1.82) is 0 Å². The number of alkyl carbamates (subject to hydrolysis) is 1. The number of methoxy groups -OCH3 is 1. The molecule has 2 fully saturated rings. The van der Waals surface area contributed by atoms with Crippen LogP contribution in [0.4, 0.5) is 9.59 Å². The number of fused-ring (bicyclic) bond motifs is 2. The van der Waals surface area contributed by atoms with Gasteiger partial charge in [-0.25, -0.2) is 24.7 Å². The highest BCUT2D eigenvalue weighted by atomic mass is 32.1. The number of carbonyl (C=O) groups is 3. The standard InChI is InChI=1S/C37H35N9O4S/c1-50-36(48)44-31(21-7-3-2-4-8-21)35(47)45-15-5-9-29(45)33-40-26-14-12-23(18-28(26)43-33)32-38-19-24(20-39-32)22-11-13-25-27(17-22)42-34(41-25)30-10-6-16-46(30)37(49)51/h2-4,7-8,11-14,17-20,29-31H,5-6,9-10,15-16H2,1H3,(H,40,43)(H,41,42)(H,44,48)(H,49,51). The van der Waals surface area contributed by atoms with Gasteiger partial charge in [-0.1, -0.05) is 49.0 Å². The topological polar surface area (TPSA) is 162 Å². The maximum Gasteiger partial charge on any atom is 0.407 e. The Morgan fingerprint density at radius 3 is 2.02 bits per heavy atom. The average molecular weight is 702 g/mol. The first-order valence-corrected chi connectivity index (χ1v) is 17.3. The molecular formula is C37H35N9O4S. The highest BCUT2D eigenvalue weighted by molar-refractivity contribution is 7.96. The zero-order valence-electron chi connectivity index (χ0n) is 27.7. The molecule has 51 heavy (non-hydrogen) atoms. The summed E-state index contributed by atoms with van der Waals surface area (Å²) < 4.78 is 4.82. The quantitative estimate of drug-likeness (QED) is 0.137. The van der Waals surface area contributed by atoms with Crippen molar-refractivity contribution in [1.82, 2.24) is 45.0 Å². The SMILES string of the molecule is COC(=O)NC(C(=O)N1CCCC1c1nc2ccc(-c3ncc(-c4ccc5nc(C6CCCN6C(=O)S)[nH]c5c4)cn3)cc2[nH]1)c1ccccc1. The molecule has 2 aliphatic rings. The van der Waals surface area contributed by atoms with E-state index in [2.05, 4.69) is 37.9 Å². The molecule has 0 radical (unpaired) electrons. The van der Waals surface area contributed by atoms with Gasteiger partial charge in [-0.15, -0.1) is 0 Å². The number of imidazole rings is 2. The number of rotatable bonds is 7. The molecular weight excluding hydrogens is 667 g/mol. The first kappa shape index (κ1) is 32.4. The number of thiol groups is 1. The van der Waals surface area contributed by atoms with Crippen LogP contribution in [0.2, 0.25) is 0 Å². The van der Waals surface area contributed by atoms with Crippen LogP contribution in [-0.2, 0) is 9.53 Å². The summed E-state index contributed by atoms with van der Waals surface area (Å²) in [5, 5.41) is 2.47. The van der Waals surface area contributed by atoms with E-state index in [1.165, 1.54) is 7.11 Å². The summed E-state index contributed by atoms with van der Waals surface area (Å²) in [6.45, 7) is 1.23. The summed E-state index contributed by atoms with van der Waals surface area (Å²) in [6.07, 6.45) is 6.25. The van der Waals surface area contributed by atoms with Gasteiger partial charge in [0.1, 0.15) is 17.7 Å². The molecule has 0 saturated carbocycles. The lowest BCUT2D eigenvalue weighted by atomic mass is 10.1. The summed E-state index contributed by atoms with van der Waals surface area (Å²) in [7, 11) is 1.28. The number of hydrogen-bond donors (Lipinski definition) is 4. The molecule has 0 bridgehead atoms. The summed E-state index contributed by atoms with van der Waals surface area (Å²) in [4.78, 5) is 67.4. The lowest BCUT2D eigenvalue weighted by molar-refractivity contribution is -0.134. The molecule has 3 atom stereocenters. The van der Waals surface area contributed by atoms with Gasteiger partial charge in [0, 0.05) is 36.6 Å². The fourth-order valence-electron chi connectivity index (χ4n) is 7.19. The molecule has 3 aromatic heterocycles. The molecule has 3 unspecified atom stereocenters. The lowest BCUT2D eigenvalue weighted by Gasteiger charge is -2.28. The predicted molar refractivity (Wildman–Crippen MR) is 194 cm³/mol. The molecule has 14 heteroatoms. The zero-order valence-corrected chi connectivity index (χ0v) is 28.6. The van der Waals surface area contributed by atoms with Gasteiger partial charge >= 0.3 is 6.09 Å². The van der Waals surface area contributed by atoms with Gasteiger partial charge in [0.25, 0.3) is 11.1 Å². The largest absolute Gasteiger partial charge is 0.453 e. The van der Waals surface area contributed by atoms with Crippen LogP contribution < -0.4 is 5.32 Å². The van der Waals surface area contributed by atoms with Crippen LogP contribution in [0, 0.1) is 0 Å². The number of nitrogens with one attached hydrogen (secondary N) is 3. The molecule has 0 spiro atoms. The zero-order chi connectivity index (χ0) is 35.1.